The van der Waals surface area contributed by atoms with Crippen molar-refractivity contribution >= 4 is 29.0 Å². The van der Waals surface area contributed by atoms with Crippen LogP contribution in [0.4, 0.5) is 0 Å². The van der Waals surface area contributed by atoms with E-state index in [4.69, 9.17) is 0 Å². The average Bonchev–Trinajstić information content (AvgIpc) is 2.99. The first-order chi connectivity index (χ1) is 9.83. The molecule has 0 spiro atoms. The Labute approximate surface area is 126 Å². The summed E-state index contributed by atoms with van der Waals surface area (Å²) in [6.45, 7) is 0. The number of carbonyl (C=O) groups excluding carboxylic acids is 1. The molecule has 104 valence electrons. The van der Waals surface area contributed by atoms with Crippen LogP contribution in [0.25, 0.3) is 0 Å². The van der Waals surface area contributed by atoms with Gasteiger partial charge in [-0.05, 0) is 30.4 Å². The van der Waals surface area contributed by atoms with Gasteiger partial charge in [-0.1, -0.05) is 47.4 Å². The third-order valence-electron chi connectivity index (χ3n) is 3.37. The van der Waals surface area contributed by atoms with E-state index in [1.165, 1.54) is 34.2 Å². The van der Waals surface area contributed by atoms with Crippen molar-refractivity contribution in [2.24, 2.45) is 0 Å². The Hall–Kier alpha value is -1.40. The number of nitrogens with zero attached hydrogens (tertiary/aromatic N) is 2. The SMILES string of the molecule is O=C(CSc1nncs1)N[C@H]1CCCc2ccccc21. The third-order valence-corrected chi connectivity index (χ3v) is 5.23. The number of rotatable bonds is 4. The molecule has 2 aromatic rings. The topological polar surface area (TPSA) is 54.9 Å². The van der Waals surface area contributed by atoms with Crippen molar-refractivity contribution in [1.29, 1.82) is 0 Å². The predicted octanol–water partition coefficient (Wildman–Crippen LogP) is 2.82. The second-order valence-electron chi connectivity index (χ2n) is 4.70. The Morgan fingerprint density at radius 2 is 2.35 bits per heavy atom. The normalized spacial score (nSPS) is 17.5. The number of fused-ring (bicyclic) bond motifs is 1. The van der Waals surface area contributed by atoms with Crippen LogP contribution in [0.5, 0.6) is 0 Å². The Balaban J connectivity index is 1.59. The molecule has 0 saturated heterocycles. The summed E-state index contributed by atoms with van der Waals surface area (Å²) in [7, 11) is 0. The van der Waals surface area contributed by atoms with Gasteiger partial charge in [-0.15, -0.1) is 10.2 Å². The van der Waals surface area contributed by atoms with Gasteiger partial charge in [-0.3, -0.25) is 4.79 Å². The van der Waals surface area contributed by atoms with E-state index in [1.807, 2.05) is 6.07 Å². The minimum absolute atomic E-state index is 0.0619. The van der Waals surface area contributed by atoms with Crippen LogP contribution < -0.4 is 5.32 Å². The molecule has 1 N–H and O–H groups in total. The molecule has 1 aromatic carbocycles. The van der Waals surface area contributed by atoms with Gasteiger partial charge in [0.2, 0.25) is 5.91 Å². The molecule has 0 radical (unpaired) electrons. The van der Waals surface area contributed by atoms with E-state index in [1.54, 1.807) is 5.51 Å². The van der Waals surface area contributed by atoms with Crippen molar-refractivity contribution < 1.29 is 4.79 Å². The molecule has 1 amide bonds. The smallest absolute Gasteiger partial charge is 0.230 e. The molecule has 1 atom stereocenters. The Morgan fingerprint density at radius 3 is 3.20 bits per heavy atom. The van der Waals surface area contributed by atoms with Crippen LogP contribution in [0.2, 0.25) is 0 Å². The number of thioether (sulfide) groups is 1. The minimum Gasteiger partial charge on any atom is -0.349 e. The zero-order chi connectivity index (χ0) is 13.8. The van der Waals surface area contributed by atoms with Crippen molar-refractivity contribution in [3.63, 3.8) is 0 Å². The molecule has 1 aliphatic carbocycles. The summed E-state index contributed by atoms with van der Waals surface area (Å²) >= 11 is 2.90. The lowest BCUT2D eigenvalue weighted by atomic mass is 9.88. The molecule has 6 heteroatoms. The number of aryl methyl sites for hydroxylation is 1. The maximum atomic E-state index is 12.0. The zero-order valence-corrected chi connectivity index (χ0v) is 12.5. The van der Waals surface area contributed by atoms with E-state index in [0.29, 0.717) is 5.75 Å². The van der Waals surface area contributed by atoms with Crippen LogP contribution in [-0.2, 0) is 11.2 Å². The molecule has 3 rings (SSSR count). The Kier molecular flexibility index (Phi) is 4.32. The Bertz CT molecular complexity index is 586. The largest absolute Gasteiger partial charge is 0.349 e. The van der Waals surface area contributed by atoms with Gasteiger partial charge >= 0.3 is 0 Å². The van der Waals surface area contributed by atoms with Crippen molar-refractivity contribution in [1.82, 2.24) is 15.5 Å². The molecule has 1 aliphatic rings. The van der Waals surface area contributed by atoms with Crippen molar-refractivity contribution in [2.45, 2.75) is 29.6 Å². The van der Waals surface area contributed by atoms with Crippen LogP contribution in [0.15, 0.2) is 34.1 Å². The van der Waals surface area contributed by atoms with E-state index in [9.17, 15) is 4.79 Å². The molecule has 1 aromatic heterocycles. The van der Waals surface area contributed by atoms with Crippen molar-refractivity contribution in [2.75, 3.05) is 5.75 Å². The summed E-state index contributed by atoms with van der Waals surface area (Å²) in [5.74, 6) is 0.459. The second-order valence-corrected chi connectivity index (χ2v) is 6.76. The summed E-state index contributed by atoms with van der Waals surface area (Å²) in [6, 6.07) is 8.54. The minimum atomic E-state index is 0.0619. The molecule has 0 aliphatic heterocycles. The maximum absolute atomic E-state index is 12.0. The first kappa shape index (κ1) is 13.6. The van der Waals surface area contributed by atoms with Crippen LogP contribution in [0.1, 0.15) is 30.0 Å². The third kappa shape index (κ3) is 3.19. The van der Waals surface area contributed by atoms with Gasteiger partial charge in [0, 0.05) is 0 Å². The van der Waals surface area contributed by atoms with Crippen molar-refractivity contribution in [3.05, 3.63) is 40.9 Å². The average molecular weight is 305 g/mol. The lowest BCUT2D eigenvalue weighted by Gasteiger charge is -2.26. The number of aromatic nitrogens is 2. The molecular formula is C14H15N3OS2. The van der Waals surface area contributed by atoms with Crippen LogP contribution >= 0.6 is 23.1 Å². The highest BCUT2D eigenvalue weighted by molar-refractivity contribution is 8.01. The van der Waals surface area contributed by atoms with Gasteiger partial charge in [0.05, 0.1) is 11.8 Å². The van der Waals surface area contributed by atoms with Gasteiger partial charge in [0.15, 0.2) is 4.34 Å². The van der Waals surface area contributed by atoms with Gasteiger partial charge < -0.3 is 5.32 Å². The summed E-state index contributed by atoms with van der Waals surface area (Å²) in [5.41, 5.74) is 4.31. The quantitative estimate of drug-likeness (QED) is 0.883. The highest BCUT2D eigenvalue weighted by atomic mass is 32.2. The van der Waals surface area contributed by atoms with E-state index in [0.717, 1.165) is 23.6 Å². The first-order valence-electron chi connectivity index (χ1n) is 6.59. The lowest BCUT2D eigenvalue weighted by Crippen LogP contribution is -2.32. The molecule has 0 fully saturated rings. The number of carbonyl (C=O) groups is 1. The number of benzene rings is 1. The fourth-order valence-electron chi connectivity index (χ4n) is 2.49. The number of amides is 1. The fourth-order valence-corrected chi connectivity index (χ4v) is 3.79. The summed E-state index contributed by atoms with van der Waals surface area (Å²) < 4.78 is 0.837. The zero-order valence-electron chi connectivity index (χ0n) is 10.9. The summed E-state index contributed by atoms with van der Waals surface area (Å²) in [5, 5.41) is 10.8. The van der Waals surface area contributed by atoms with E-state index in [-0.39, 0.29) is 11.9 Å². The van der Waals surface area contributed by atoms with Crippen LogP contribution in [0, 0.1) is 0 Å². The molecule has 1 heterocycles. The monoisotopic (exact) mass is 305 g/mol. The molecule has 0 bridgehead atoms. The van der Waals surface area contributed by atoms with Crippen molar-refractivity contribution in [3.8, 4) is 0 Å². The van der Waals surface area contributed by atoms with Crippen LogP contribution in [-0.4, -0.2) is 21.9 Å². The van der Waals surface area contributed by atoms with Crippen LogP contribution in [0.3, 0.4) is 0 Å². The van der Waals surface area contributed by atoms with E-state index < -0.39 is 0 Å². The van der Waals surface area contributed by atoms with Gasteiger partial charge in [-0.2, -0.15) is 0 Å². The lowest BCUT2D eigenvalue weighted by molar-refractivity contribution is -0.119. The van der Waals surface area contributed by atoms with E-state index >= 15 is 0 Å². The maximum Gasteiger partial charge on any atom is 0.230 e. The van der Waals surface area contributed by atoms with Gasteiger partial charge in [0.25, 0.3) is 0 Å². The standard InChI is InChI=1S/C14H15N3OS2/c18-13(8-19-14-17-15-9-20-14)16-12-7-3-5-10-4-1-2-6-11(10)12/h1-2,4,6,9,12H,3,5,7-8H2,(H,16,18)/t12-/m0/s1. The Morgan fingerprint density at radius 1 is 1.45 bits per heavy atom. The molecule has 4 nitrogen and oxygen atoms in total. The van der Waals surface area contributed by atoms with Gasteiger partial charge in [-0.25, -0.2) is 0 Å². The molecule has 0 saturated carbocycles. The highest BCUT2D eigenvalue weighted by Gasteiger charge is 2.21. The van der Waals surface area contributed by atoms with E-state index in [2.05, 4.69) is 33.7 Å². The number of nitrogens with one attached hydrogen (secondary N) is 1. The summed E-state index contributed by atoms with van der Waals surface area (Å²) in [6.07, 6.45) is 3.26. The number of hydrogen-bond acceptors (Lipinski definition) is 5. The highest BCUT2D eigenvalue weighted by Crippen LogP contribution is 2.29. The molecule has 20 heavy (non-hydrogen) atoms. The molecule has 0 unspecified atom stereocenters. The molecular weight excluding hydrogens is 290 g/mol. The second kappa shape index (κ2) is 6.37. The van der Waals surface area contributed by atoms with Gasteiger partial charge in [0.1, 0.15) is 5.51 Å². The number of hydrogen-bond donors (Lipinski definition) is 1. The predicted molar refractivity (Wildman–Crippen MR) is 80.9 cm³/mol. The fraction of sp³-hybridized carbons (Fsp3) is 0.357. The summed E-state index contributed by atoms with van der Waals surface area (Å²) in [4.78, 5) is 12.0. The first-order valence-corrected chi connectivity index (χ1v) is 8.45.